The lowest BCUT2D eigenvalue weighted by molar-refractivity contribution is 0.177. The molecule has 0 saturated carbocycles. The van der Waals surface area contributed by atoms with Crippen LogP contribution in [0.5, 0.6) is 11.5 Å². The number of fused-ring (bicyclic) bond motifs is 1. The second kappa shape index (κ2) is 8.40. The Balaban J connectivity index is 0.00000132. The van der Waals surface area contributed by atoms with Crippen LogP contribution >= 0.6 is 12.4 Å². The first-order valence-electron chi connectivity index (χ1n) is 7.33. The highest BCUT2D eigenvalue weighted by atomic mass is 35.5. The fourth-order valence-electron chi connectivity index (χ4n) is 3.01. The van der Waals surface area contributed by atoms with E-state index in [9.17, 15) is 5.11 Å². The number of hydrogen-bond donors (Lipinski definition) is 2. The van der Waals surface area contributed by atoms with E-state index in [0.29, 0.717) is 0 Å². The molecule has 1 unspecified atom stereocenters. The number of aliphatic hydroxyl groups is 1. The van der Waals surface area contributed by atoms with Gasteiger partial charge in [-0.15, -0.1) is 12.4 Å². The van der Waals surface area contributed by atoms with Crippen molar-refractivity contribution in [1.29, 1.82) is 0 Å². The van der Waals surface area contributed by atoms with Crippen molar-refractivity contribution in [3.8, 4) is 11.5 Å². The van der Waals surface area contributed by atoms with Gasteiger partial charge in [0.1, 0.15) is 0 Å². The summed E-state index contributed by atoms with van der Waals surface area (Å²) in [6.45, 7) is 2.75. The molecule has 0 amide bonds. The number of aromatic nitrogens is 1. The van der Waals surface area contributed by atoms with Crippen molar-refractivity contribution in [2.75, 3.05) is 33.9 Å². The molecular weight excluding hydrogens is 320 g/mol. The van der Waals surface area contributed by atoms with Crippen molar-refractivity contribution in [2.24, 2.45) is 0 Å². The Bertz CT molecular complexity index is 632. The van der Waals surface area contributed by atoms with Crippen LogP contribution in [0.2, 0.25) is 0 Å². The lowest BCUT2D eigenvalue weighted by Gasteiger charge is -2.14. The average Bonchev–Trinajstić information content (AvgIpc) is 3.09. The molecule has 1 fully saturated rings. The minimum Gasteiger partial charge on any atom is -0.493 e. The van der Waals surface area contributed by atoms with Crippen LogP contribution in [0.3, 0.4) is 0 Å². The van der Waals surface area contributed by atoms with Crippen molar-refractivity contribution in [1.82, 2.24) is 9.88 Å². The van der Waals surface area contributed by atoms with Gasteiger partial charge >= 0.3 is 0 Å². The largest absolute Gasteiger partial charge is 0.493 e. The highest BCUT2D eigenvalue weighted by molar-refractivity contribution is 5.86. The van der Waals surface area contributed by atoms with Crippen molar-refractivity contribution in [3.05, 3.63) is 23.9 Å². The van der Waals surface area contributed by atoms with E-state index >= 15 is 0 Å². The molecule has 23 heavy (non-hydrogen) atoms. The Morgan fingerprint density at radius 2 is 1.96 bits per heavy atom. The van der Waals surface area contributed by atoms with E-state index in [0.717, 1.165) is 49.5 Å². The molecule has 1 aliphatic rings. The van der Waals surface area contributed by atoms with Crippen LogP contribution in [0.4, 0.5) is 0 Å². The molecule has 4 N–H and O–H groups in total. The zero-order valence-electron chi connectivity index (χ0n) is 13.5. The van der Waals surface area contributed by atoms with Gasteiger partial charge in [-0.3, -0.25) is 0 Å². The van der Waals surface area contributed by atoms with Crippen molar-refractivity contribution in [2.45, 2.75) is 18.9 Å². The Morgan fingerprint density at radius 1 is 1.26 bits per heavy atom. The summed E-state index contributed by atoms with van der Waals surface area (Å²) < 4.78 is 10.7. The Morgan fingerprint density at radius 3 is 2.57 bits per heavy atom. The van der Waals surface area contributed by atoms with Crippen LogP contribution in [0.25, 0.3) is 10.9 Å². The maximum absolute atomic E-state index is 9.58. The highest BCUT2D eigenvalue weighted by Gasteiger charge is 2.20. The summed E-state index contributed by atoms with van der Waals surface area (Å²) in [7, 11) is 3.30. The minimum absolute atomic E-state index is 0. The number of aliphatic hydroxyl groups excluding tert-OH is 1. The van der Waals surface area contributed by atoms with Gasteiger partial charge in [-0.1, -0.05) is 0 Å². The van der Waals surface area contributed by atoms with Gasteiger partial charge in [0.15, 0.2) is 11.5 Å². The van der Waals surface area contributed by atoms with E-state index in [2.05, 4.69) is 16.1 Å². The quantitative estimate of drug-likeness (QED) is 0.857. The summed E-state index contributed by atoms with van der Waals surface area (Å²) in [6, 6.07) is 4.00. The molecule has 2 heterocycles. The number of aromatic amines is 1. The van der Waals surface area contributed by atoms with Gasteiger partial charge in [-0.25, -0.2) is 0 Å². The SMILES string of the molecule is COc1cc2[nH]cc(CCN3CCC(O)C3)c2cc1OC.Cl.O. The van der Waals surface area contributed by atoms with Crippen LogP contribution in [-0.2, 0) is 6.42 Å². The first-order chi connectivity index (χ1) is 10.2. The summed E-state index contributed by atoms with van der Waals surface area (Å²) in [5.41, 5.74) is 2.33. The lowest BCUT2D eigenvalue weighted by atomic mass is 10.1. The van der Waals surface area contributed by atoms with E-state index in [1.807, 2.05) is 12.1 Å². The molecule has 130 valence electrons. The number of benzene rings is 1. The van der Waals surface area contributed by atoms with E-state index in [1.165, 1.54) is 10.9 Å². The maximum atomic E-state index is 9.58. The second-order valence-corrected chi connectivity index (χ2v) is 5.56. The molecule has 1 saturated heterocycles. The molecule has 0 spiro atoms. The zero-order valence-corrected chi connectivity index (χ0v) is 14.3. The van der Waals surface area contributed by atoms with E-state index in [1.54, 1.807) is 14.2 Å². The fraction of sp³-hybridized carbons (Fsp3) is 0.500. The first-order valence-corrected chi connectivity index (χ1v) is 7.33. The zero-order chi connectivity index (χ0) is 14.8. The molecule has 1 atom stereocenters. The van der Waals surface area contributed by atoms with Crippen molar-refractivity contribution in [3.63, 3.8) is 0 Å². The number of nitrogens with zero attached hydrogens (tertiary/aromatic N) is 1. The number of H-pyrrole nitrogens is 1. The molecule has 0 radical (unpaired) electrons. The smallest absolute Gasteiger partial charge is 0.162 e. The lowest BCUT2D eigenvalue weighted by Crippen LogP contribution is -2.24. The molecule has 1 aromatic carbocycles. The fourth-order valence-corrected chi connectivity index (χ4v) is 3.01. The number of ether oxygens (including phenoxy) is 2. The highest BCUT2D eigenvalue weighted by Crippen LogP contribution is 2.33. The van der Waals surface area contributed by atoms with Crippen molar-refractivity contribution < 1.29 is 20.1 Å². The minimum atomic E-state index is -0.155. The van der Waals surface area contributed by atoms with Gasteiger partial charge in [0.05, 0.1) is 20.3 Å². The molecule has 2 aromatic rings. The summed E-state index contributed by atoms with van der Waals surface area (Å²) in [5.74, 6) is 1.49. The number of methoxy groups -OCH3 is 2. The third-order valence-corrected chi connectivity index (χ3v) is 4.22. The van der Waals surface area contributed by atoms with Crippen LogP contribution in [0, 0.1) is 0 Å². The van der Waals surface area contributed by atoms with Gasteiger partial charge in [0.2, 0.25) is 0 Å². The normalized spacial score (nSPS) is 17.6. The molecular formula is C16H25ClN2O4. The number of nitrogens with one attached hydrogen (secondary N) is 1. The van der Waals surface area contributed by atoms with Crippen LogP contribution in [-0.4, -0.2) is 60.4 Å². The Kier molecular flexibility index (Phi) is 7.15. The topological polar surface area (TPSA) is 89.2 Å². The number of β-amino-alcohol motifs (C(OH)–C–C–N with tert-alkyl or cyclic N) is 1. The number of hydrogen-bond acceptors (Lipinski definition) is 4. The predicted octanol–water partition coefficient (Wildman–Crippen LogP) is 1.39. The summed E-state index contributed by atoms with van der Waals surface area (Å²) >= 11 is 0. The summed E-state index contributed by atoms with van der Waals surface area (Å²) in [6.07, 6.45) is 3.74. The predicted molar refractivity (Wildman–Crippen MR) is 93.0 cm³/mol. The van der Waals surface area contributed by atoms with Gasteiger partial charge < -0.3 is 29.9 Å². The molecule has 1 aromatic heterocycles. The molecule has 0 bridgehead atoms. The number of halogens is 1. The van der Waals surface area contributed by atoms with E-state index < -0.39 is 0 Å². The monoisotopic (exact) mass is 344 g/mol. The third kappa shape index (κ3) is 4.09. The standard InChI is InChI=1S/C16H22N2O3.ClH.H2O/c1-20-15-7-13-11(3-5-18-6-4-12(19)10-18)9-17-14(13)8-16(15)21-2;;/h7-9,12,17,19H,3-6,10H2,1-2H3;1H;1H2. The summed E-state index contributed by atoms with van der Waals surface area (Å²) in [5, 5.41) is 10.7. The van der Waals surface area contributed by atoms with Gasteiger partial charge in [0, 0.05) is 42.8 Å². The van der Waals surface area contributed by atoms with E-state index in [-0.39, 0.29) is 24.0 Å². The van der Waals surface area contributed by atoms with E-state index in [4.69, 9.17) is 9.47 Å². The molecule has 6 nitrogen and oxygen atoms in total. The number of rotatable bonds is 5. The molecule has 0 aliphatic carbocycles. The van der Waals surface area contributed by atoms with Crippen molar-refractivity contribution >= 4 is 23.3 Å². The second-order valence-electron chi connectivity index (χ2n) is 5.56. The molecule has 7 heteroatoms. The number of likely N-dealkylation sites (tertiary alicyclic amines) is 1. The Labute approximate surface area is 142 Å². The average molecular weight is 345 g/mol. The third-order valence-electron chi connectivity index (χ3n) is 4.22. The van der Waals surface area contributed by atoms with Gasteiger partial charge in [0.25, 0.3) is 0 Å². The first kappa shape index (κ1) is 19.6. The van der Waals surface area contributed by atoms with Crippen LogP contribution in [0.15, 0.2) is 18.3 Å². The van der Waals surface area contributed by atoms with Crippen LogP contribution < -0.4 is 9.47 Å². The molecule has 3 rings (SSSR count). The maximum Gasteiger partial charge on any atom is 0.162 e. The molecule has 1 aliphatic heterocycles. The Hall–Kier alpha value is -1.47. The summed E-state index contributed by atoms with van der Waals surface area (Å²) in [4.78, 5) is 5.60. The van der Waals surface area contributed by atoms with Gasteiger partial charge in [-0.2, -0.15) is 0 Å². The van der Waals surface area contributed by atoms with Gasteiger partial charge in [-0.05, 0) is 24.5 Å². The van der Waals surface area contributed by atoms with Crippen LogP contribution in [0.1, 0.15) is 12.0 Å².